The lowest BCUT2D eigenvalue weighted by molar-refractivity contribution is 0.0868. The zero-order chi connectivity index (χ0) is 18.1. The lowest BCUT2D eigenvalue weighted by atomic mass is 10.1. The highest BCUT2D eigenvalue weighted by Gasteiger charge is 2.30. The minimum Gasteiger partial charge on any atom is -0.494 e. The van der Waals surface area contributed by atoms with E-state index in [4.69, 9.17) is 4.74 Å². The molecule has 3 aromatic rings. The maximum Gasteiger partial charge on any atom is 0.250 e. The van der Waals surface area contributed by atoms with Gasteiger partial charge in [-0.05, 0) is 31.5 Å². The van der Waals surface area contributed by atoms with Gasteiger partial charge >= 0.3 is 0 Å². The van der Waals surface area contributed by atoms with E-state index in [9.17, 15) is 4.79 Å². The van der Waals surface area contributed by atoms with Crippen molar-refractivity contribution in [3.63, 3.8) is 0 Å². The third-order valence-electron chi connectivity index (χ3n) is 4.29. The molecule has 2 heterocycles. The second kappa shape index (κ2) is 6.96. The van der Waals surface area contributed by atoms with Crippen LogP contribution in [0.5, 0.6) is 5.75 Å². The number of rotatable bonds is 4. The van der Waals surface area contributed by atoms with Crippen LogP contribution in [0.2, 0.25) is 0 Å². The Morgan fingerprint density at radius 2 is 1.88 bits per heavy atom. The first-order valence-electron chi connectivity index (χ1n) is 8.61. The summed E-state index contributed by atoms with van der Waals surface area (Å²) >= 11 is 1.58. The number of hydrogen-bond acceptors (Lipinski definition) is 5. The van der Waals surface area contributed by atoms with Gasteiger partial charge in [0.15, 0.2) is 11.0 Å². The second-order valence-corrected chi connectivity index (χ2v) is 7.37. The highest BCUT2D eigenvalue weighted by atomic mass is 32.2. The van der Waals surface area contributed by atoms with Crippen molar-refractivity contribution in [1.82, 2.24) is 14.8 Å². The lowest BCUT2D eigenvalue weighted by Crippen LogP contribution is -2.20. The number of carbonyl (C=O) groups excluding carboxylic acids is 1. The molecule has 0 spiro atoms. The van der Waals surface area contributed by atoms with Crippen molar-refractivity contribution in [2.24, 2.45) is 0 Å². The van der Waals surface area contributed by atoms with Gasteiger partial charge in [-0.1, -0.05) is 53.7 Å². The van der Waals surface area contributed by atoms with E-state index in [1.165, 1.54) is 10.2 Å². The molecule has 1 atom stereocenters. The molecule has 0 N–H and O–H groups in total. The van der Waals surface area contributed by atoms with E-state index in [1.807, 2.05) is 62.4 Å². The first-order valence-corrected chi connectivity index (χ1v) is 9.48. The smallest absolute Gasteiger partial charge is 0.250 e. The predicted molar refractivity (Wildman–Crippen MR) is 102 cm³/mol. The van der Waals surface area contributed by atoms with Gasteiger partial charge in [-0.2, -0.15) is 4.68 Å². The third-order valence-corrected chi connectivity index (χ3v) is 5.49. The van der Waals surface area contributed by atoms with Gasteiger partial charge in [0, 0.05) is 17.2 Å². The molecular formula is C20H19N3O2S. The fourth-order valence-corrected chi connectivity index (χ4v) is 4.06. The fourth-order valence-electron chi connectivity index (χ4n) is 2.91. The van der Waals surface area contributed by atoms with Gasteiger partial charge in [-0.3, -0.25) is 4.79 Å². The molecule has 2 aromatic carbocycles. The average molecular weight is 365 g/mol. The number of aryl methyl sites for hydroxylation is 1. The number of thioether (sulfide) groups is 1. The Balaban J connectivity index is 1.60. The van der Waals surface area contributed by atoms with Crippen LogP contribution in [0.25, 0.3) is 11.4 Å². The molecule has 132 valence electrons. The van der Waals surface area contributed by atoms with Crippen LogP contribution in [0.4, 0.5) is 0 Å². The summed E-state index contributed by atoms with van der Waals surface area (Å²) in [4.78, 5) is 17.2. The average Bonchev–Trinajstić information content (AvgIpc) is 3.08. The van der Waals surface area contributed by atoms with Crippen molar-refractivity contribution in [3.05, 3.63) is 59.7 Å². The monoisotopic (exact) mass is 365 g/mol. The van der Waals surface area contributed by atoms with Gasteiger partial charge in [0.05, 0.1) is 6.61 Å². The third kappa shape index (κ3) is 3.24. The van der Waals surface area contributed by atoms with Crippen LogP contribution in [0.3, 0.4) is 0 Å². The van der Waals surface area contributed by atoms with Crippen molar-refractivity contribution in [1.29, 1.82) is 0 Å². The molecule has 6 heteroatoms. The molecule has 0 fully saturated rings. The van der Waals surface area contributed by atoms with Crippen molar-refractivity contribution >= 4 is 17.7 Å². The maximum absolute atomic E-state index is 12.6. The lowest BCUT2D eigenvalue weighted by Gasteiger charge is -2.20. The minimum absolute atomic E-state index is 0.0245. The number of carbonyl (C=O) groups is 1. The normalized spacial score (nSPS) is 16.4. The highest BCUT2D eigenvalue weighted by Crippen LogP contribution is 2.41. The number of fused-ring (bicyclic) bond motifs is 1. The van der Waals surface area contributed by atoms with Crippen LogP contribution in [-0.4, -0.2) is 27.3 Å². The Hall–Kier alpha value is -2.60. The van der Waals surface area contributed by atoms with Crippen LogP contribution in [0.15, 0.2) is 53.7 Å². The molecule has 4 rings (SSSR count). The number of hydrogen-bond donors (Lipinski definition) is 0. The van der Waals surface area contributed by atoms with E-state index in [-0.39, 0.29) is 11.2 Å². The van der Waals surface area contributed by atoms with Crippen LogP contribution >= 0.6 is 11.8 Å². The van der Waals surface area contributed by atoms with Gasteiger partial charge < -0.3 is 4.74 Å². The van der Waals surface area contributed by atoms with Crippen LogP contribution in [-0.2, 0) is 0 Å². The second-order valence-electron chi connectivity index (χ2n) is 6.20. The first-order chi connectivity index (χ1) is 12.6. The fraction of sp³-hybridized carbons (Fsp3) is 0.250. The van der Waals surface area contributed by atoms with Gasteiger partial charge in [0.25, 0.3) is 5.91 Å². The van der Waals surface area contributed by atoms with E-state index in [0.29, 0.717) is 24.0 Å². The van der Waals surface area contributed by atoms with Crippen molar-refractivity contribution in [3.8, 4) is 17.1 Å². The summed E-state index contributed by atoms with van der Waals surface area (Å²) in [5.41, 5.74) is 3.19. The van der Waals surface area contributed by atoms with Gasteiger partial charge in [-0.25, -0.2) is 4.98 Å². The molecule has 26 heavy (non-hydrogen) atoms. The Morgan fingerprint density at radius 1 is 1.15 bits per heavy atom. The van der Waals surface area contributed by atoms with Crippen LogP contribution < -0.4 is 4.74 Å². The Morgan fingerprint density at radius 3 is 2.58 bits per heavy atom. The molecule has 0 saturated heterocycles. The van der Waals surface area contributed by atoms with Crippen LogP contribution in [0, 0.1) is 6.92 Å². The van der Waals surface area contributed by atoms with E-state index >= 15 is 0 Å². The summed E-state index contributed by atoms with van der Waals surface area (Å²) < 4.78 is 6.92. The number of benzene rings is 2. The molecular weight excluding hydrogens is 346 g/mol. The zero-order valence-corrected chi connectivity index (χ0v) is 15.5. The molecule has 0 aliphatic carbocycles. The molecule has 1 aliphatic heterocycles. The van der Waals surface area contributed by atoms with Gasteiger partial charge in [-0.15, -0.1) is 5.10 Å². The summed E-state index contributed by atoms with van der Waals surface area (Å²) in [5, 5.41) is 5.10. The molecule has 0 saturated carbocycles. The molecule has 1 aliphatic rings. The molecule has 5 nitrogen and oxygen atoms in total. The SMILES string of the molecule is CCOc1ccc(C2CC(=O)n3nc(-c4ccc(C)cc4)nc3S2)cc1. The number of nitrogens with zero attached hydrogens (tertiary/aromatic N) is 3. The predicted octanol–water partition coefficient (Wildman–Crippen LogP) is 4.53. The maximum atomic E-state index is 12.6. The van der Waals surface area contributed by atoms with E-state index < -0.39 is 0 Å². The molecule has 0 bridgehead atoms. The molecule has 1 aromatic heterocycles. The standard InChI is InChI=1S/C20H19N3O2S/c1-3-25-16-10-8-14(9-11-16)17-12-18(24)23-20(26-17)21-19(22-23)15-6-4-13(2)5-7-15/h4-11,17H,3,12H2,1-2H3. The Bertz CT molecular complexity index is 933. The number of aromatic nitrogens is 3. The largest absolute Gasteiger partial charge is 0.494 e. The minimum atomic E-state index is -0.0245. The Labute approximate surface area is 156 Å². The Kier molecular flexibility index (Phi) is 4.51. The van der Waals surface area contributed by atoms with Gasteiger partial charge in [0.2, 0.25) is 0 Å². The summed E-state index contributed by atoms with van der Waals surface area (Å²) in [7, 11) is 0. The summed E-state index contributed by atoms with van der Waals surface area (Å²) in [5.74, 6) is 1.41. The van der Waals surface area contributed by atoms with E-state index in [0.717, 1.165) is 16.9 Å². The van der Waals surface area contributed by atoms with Crippen LogP contribution in [0.1, 0.15) is 34.5 Å². The quantitative estimate of drug-likeness (QED) is 0.680. The summed E-state index contributed by atoms with van der Waals surface area (Å²) in [6, 6.07) is 15.9. The zero-order valence-electron chi connectivity index (χ0n) is 14.7. The summed E-state index contributed by atoms with van der Waals surface area (Å²) in [6.45, 7) is 4.64. The molecule has 0 radical (unpaired) electrons. The molecule has 0 amide bonds. The van der Waals surface area contributed by atoms with E-state index in [2.05, 4.69) is 10.1 Å². The number of ether oxygens (including phenoxy) is 1. The topological polar surface area (TPSA) is 57.0 Å². The van der Waals surface area contributed by atoms with Crippen molar-refractivity contribution < 1.29 is 9.53 Å². The van der Waals surface area contributed by atoms with Crippen molar-refractivity contribution in [2.45, 2.75) is 30.7 Å². The highest BCUT2D eigenvalue weighted by molar-refractivity contribution is 7.99. The van der Waals surface area contributed by atoms with E-state index in [1.54, 1.807) is 11.8 Å². The van der Waals surface area contributed by atoms with Gasteiger partial charge in [0.1, 0.15) is 5.75 Å². The summed E-state index contributed by atoms with van der Waals surface area (Å²) in [6.07, 6.45) is 0.405. The van der Waals surface area contributed by atoms with Crippen molar-refractivity contribution in [2.75, 3.05) is 6.61 Å². The molecule has 1 unspecified atom stereocenters. The first kappa shape index (κ1) is 16.8.